The number of alkyl halides is 2. The molecule has 2 fully saturated rings. The van der Waals surface area contributed by atoms with Gasteiger partial charge in [-0.1, -0.05) is 31.1 Å². The second-order valence-electron chi connectivity index (χ2n) is 7.84. The van der Waals surface area contributed by atoms with Gasteiger partial charge in [0.15, 0.2) is 5.82 Å². The molecule has 0 saturated heterocycles. The molecule has 1 heterocycles. The highest BCUT2D eigenvalue weighted by Gasteiger charge is 2.62. The number of hydrogen-bond donors (Lipinski definition) is 1. The Bertz CT molecular complexity index is 946. The van der Waals surface area contributed by atoms with Gasteiger partial charge in [-0.15, -0.1) is 0 Å². The average molecular weight is 383 g/mol. The van der Waals surface area contributed by atoms with Crippen LogP contribution in [0.1, 0.15) is 61.7 Å². The molecule has 2 aliphatic rings. The van der Waals surface area contributed by atoms with Crippen LogP contribution in [0.3, 0.4) is 0 Å². The van der Waals surface area contributed by atoms with Gasteiger partial charge in [0.25, 0.3) is 0 Å². The summed E-state index contributed by atoms with van der Waals surface area (Å²) in [5.41, 5.74) is 0.790. The summed E-state index contributed by atoms with van der Waals surface area (Å²) in [6.07, 6.45) is -0.475. The number of nitrogens with zero attached hydrogens (tertiary/aromatic N) is 2. The molecule has 1 aromatic heterocycles. The molecule has 4 rings (SSSR count). The molecule has 0 aliphatic heterocycles. The second-order valence-corrected chi connectivity index (χ2v) is 9.40. The minimum absolute atomic E-state index is 0.0373. The van der Waals surface area contributed by atoms with Crippen LogP contribution in [0.4, 0.5) is 8.78 Å². The summed E-state index contributed by atoms with van der Waals surface area (Å²) in [6.45, 7) is 4.11. The van der Waals surface area contributed by atoms with Gasteiger partial charge in [-0.05, 0) is 23.1 Å². The van der Waals surface area contributed by atoms with Crippen molar-refractivity contribution in [2.24, 2.45) is 10.6 Å². The molecule has 140 valence electrons. The number of primary sulfonamides is 1. The maximum Gasteiger partial charge on any atom is 0.249 e. The highest BCUT2D eigenvalue weighted by atomic mass is 32.2. The molecule has 26 heavy (non-hydrogen) atoms. The van der Waals surface area contributed by atoms with Crippen molar-refractivity contribution in [3.8, 4) is 0 Å². The lowest BCUT2D eigenvalue weighted by Crippen LogP contribution is -2.34. The number of nitrogens with two attached hydrogens (primary N) is 1. The molecule has 0 spiro atoms. The zero-order chi connectivity index (χ0) is 18.9. The van der Waals surface area contributed by atoms with Crippen molar-refractivity contribution in [3.05, 3.63) is 41.5 Å². The maximum absolute atomic E-state index is 13.0. The topological polar surface area (TPSA) is 99.1 Å². The van der Waals surface area contributed by atoms with E-state index in [-0.39, 0.29) is 40.9 Å². The second kappa shape index (κ2) is 5.32. The summed E-state index contributed by atoms with van der Waals surface area (Å²) in [6, 6.07) is 6.42. The minimum Gasteiger partial charge on any atom is -0.339 e. The lowest BCUT2D eigenvalue weighted by atomic mass is 9.81. The SMILES string of the molecule is CC1(C)[C@@H](c2ccc(S(N)(=O)=O)cc2)[C@@H]1c1nc(C2CC(F)(F)C2)no1. The highest BCUT2D eigenvalue weighted by molar-refractivity contribution is 7.89. The van der Waals surface area contributed by atoms with Gasteiger partial charge < -0.3 is 4.52 Å². The molecule has 2 N–H and O–H groups in total. The van der Waals surface area contributed by atoms with Crippen molar-refractivity contribution in [1.82, 2.24) is 10.1 Å². The van der Waals surface area contributed by atoms with Crippen molar-refractivity contribution in [2.45, 2.75) is 55.3 Å². The third-order valence-electron chi connectivity index (χ3n) is 5.57. The average Bonchev–Trinajstić information content (AvgIpc) is 2.87. The minimum atomic E-state index is -3.73. The molecule has 0 unspecified atom stereocenters. The van der Waals surface area contributed by atoms with E-state index in [0.717, 1.165) is 5.56 Å². The van der Waals surface area contributed by atoms with Gasteiger partial charge in [0, 0.05) is 24.7 Å². The monoisotopic (exact) mass is 383 g/mol. The summed E-state index contributed by atoms with van der Waals surface area (Å²) in [5.74, 6) is -2.15. The molecule has 2 aliphatic carbocycles. The van der Waals surface area contributed by atoms with Crippen molar-refractivity contribution in [2.75, 3.05) is 0 Å². The van der Waals surface area contributed by atoms with Gasteiger partial charge in [-0.2, -0.15) is 4.98 Å². The molecule has 0 bridgehead atoms. The first-order valence-electron chi connectivity index (χ1n) is 8.33. The van der Waals surface area contributed by atoms with E-state index in [9.17, 15) is 17.2 Å². The Hall–Kier alpha value is -1.87. The van der Waals surface area contributed by atoms with Crippen LogP contribution in [0, 0.1) is 5.41 Å². The van der Waals surface area contributed by atoms with Crippen LogP contribution >= 0.6 is 0 Å². The number of hydrogen-bond acceptors (Lipinski definition) is 5. The van der Waals surface area contributed by atoms with Crippen LogP contribution in [0.5, 0.6) is 0 Å². The molecule has 9 heteroatoms. The van der Waals surface area contributed by atoms with Crippen molar-refractivity contribution in [3.63, 3.8) is 0 Å². The standard InChI is InChI=1S/C17H19F2N3O3S/c1-16(2)12(9-3-5-11(6-4-9)26(20,23)24)13(16)15-21-14(22-25-15)10-7-17(18,19)8-10/h3-6,10,12-13H,7-8H2,1-2H3,(H2,20,23,24)/t12-,13+/m0/s1. The number of sulfonamides is 1. The largest absolute Gasteiger partial charge is 0.339 e. The van der Waals surface area contributed by atoms with E-state index in [4.69, 9.17) is 9.66 Å². The third-order valence-corrected chi connectivity index (χ3v) is 6.50. The fourth-order valence-corrected chi connectivity index (χ4v) is 4.48. The van der Waals surface area contributed by atoms with Crippen LogP contribution in [-0.2, 0) is 10.0 Å². The predicted molar refractivity (Wildman–Crippen MR) is 88.3 cm³/mol. The summed E-state index contributed by atoms with van der Waals surface area (Å²) in [7, 11) is -3.73. The van der Waals surface area contributed by atoms with Crippen molar-refractivity contribution < 1.29 is 21.7 Å². The van der Waals surface area contributed by atoms with Gasteiger partial charge >= 0.3 is 0 Å². The first kappa shape index (κ1) is 17.5. The van der Waals surface area contributed by atoms with Crippen LogP contribution in [-0.4, -0.2) is 24.5 Å². The zero-order valence-corrected chi connectivity index (χ0v) is 15.1. The van der Waals surface area contributed by atoms with Gasteiger partial charge in [-0.25, -0.2) is 22.3 Å². The Labute approximate surface area is 149 Å². The van der Waals surface area contributed by atoms with Crippen LogP contribution in [0.2, 0.25) is 0 Å². The molecule has 0 amide bonds. The highest BCUT2D eigenvalue weighted by Crippen LogP contribution is 2.69. The van der Waals surface area contributed by atoms with Crippen LogP contribution < -0.4 is 5.14 Å². The fourth-order valence-electron chi connectivity index (χ4n) is 3.97. The van der Waals surface area contributed by atoms with E-state index in [0.29, 0.717) is 11.7 Å². The lowest BCUT2D eigenvalue weighted by Gasteiger charge is -2.32. The summed E-state index contributed by atoms with van der Waals surface area (Å²) in [5, 5.41) is 9.01. The normalized spacial score (nSPS) is 27.1. The Morgan fingerprint density at radius 3 is 2.31 bits per heavy atom. The third kappa shape index (κ3) is 2.83. The summed E-state index contributed by atoms with van der Waals surface area (Å²) in [4.78, 5) is 4.42. The lowest BCUT2D eigenvalue weighted by molar-refractivity contribution is -0.0888. The Kier molecular flexibility index (Phi) is 3.59. The van der Waals surface area contributed by atoms with E-state index >= 15 is 0 Å². The van der Waals surface area contributed by atoms with Crippen LogP contribution in [0.25, 0.3) is 0 Å². The van der Waals surface area contributed by atoms with Gasteiger partial charge in [0.1, 0.15) is 0 Å². The number of halogens is 2. The summed E-state index contributed by atoms with van der Waals surface area (Å²) >= 11 is 0. The molecule has 1 aromatic carbocycles. The van der Waals surface area contributed by atoms with E-state index < -0.39 is 15.9 Å². The fraction of sp³-hybridized carbons (Fsp3) is 0.529. The Morgan fingerprint density at radius 1 is 1.15 bits per heavy atom. The number of rotatable bonds is 4. The first-order chi connectivity index (χ1) is 12.0. The van der Waals surface area contributed by atoms with Gasteiger partial charge in [-0.3, -0.25) is 0 Å². The van der Waals surface area contributed by atoms with E-state index in [1.807, 2.05) is 0 Å². The molecule has 2 aromatic rings. The van der Waals surface area contributed by atoms with Crippen LogP contribution in [0.15, 0.2) is 33.7 Å². The Morgan fingerprint density at radius 2 is 1.77 bits per heavy atom. The molecule has 6 nitrogen and oxygen atoms in total. The maximum atomic E-state index is 13.0. The van der Waals surface area contributed by atoms with Gasteiger partial charge in [0.2, 0.25) is 21.8 Å². The molecular formula is C17H19F2N3O3S. The molecule has 2 saturated carbocycles. The molecule has 0 radical (unpaired) electrons. The first-order valence-corrected chi connectivity index (χ1v) is 9.88. The molecular weight excluding hydrogens is 364 g/mol. The number of aromatic nitrogens is 2. The summed E-state index contributed by atoms with van der Waals surface area (Å²) < 4.78 is 54.2. The quantitative estimate of drug-likeness (QED) is 0.874. The smallest absolute Gasteiger partial charge is 0.249 e. The van der Waals surface area contributed by atoms with Crippen molar-refractivity contribution in [1.29, 1.82) is 0 Å². The van der Waals surface area contributed by atoms with Gasteiger partial charge in [0.05, 0.1) is 10.8 Å². The predicted octanol–water partition coefficient (Wildman–Crippen LogP) is 3.14. The van der Waals surface area contributed by atoms with Crippen molar-refractivity contribution >= 4 is 10.0 Å². The van der Waals surface area contributed by atoms with E-state index in [2.05, 4.69) is 24.0 Å². The number of benzene rings is 1. The van der Waals surface area contributed by atoms with E-state index in [1.165, 1.54) is 12.1 Å². The zero-order valence-electron chi connectivity index (χ0n) is 14.3. The Balaban J connectivity index is 1.54. The molecule has 2 atom stereocenters. The van der Waals surface area contributed by atoms with E-state index in [1.54, 1.807) is 12.1 Å².